The third kappa shape index (κ3) is 8.56. The van der Waals surface area contributed by atoms with Crippen molar-refractivity contribution in [2.75, 3.05) is 33.4 Å². The lowest BCUT2D eigenvalue weighted by molar-refractivity contribution is -0.140. The van der Waals surface area contributed by atoms with Gasteiger partial charge in [0.25, 0.3) is 0 Å². The molecule has 0 radical (unpaired) electrons. The number of hydrogen-bond acceptors (Lipinski definition) is 4. The summed E-state index contributed by atoms with van der Waals surface area (Å²) in [5.74, 6) is -0.560. The van der Waals surface area contributed by atoms with Crippen molar-refractivity contribution in [1.82, 2.24) is 10.2 Å². The van der Waals surface area contributed by atoms with E-state index >= 15 is 0 Å². The molecule has 1 unspecified atom stereocenters. The van der Waals surface area contributed by atoms with Crippen LogP contribution in [0.1, 0.15) is 27.2 Å². The number of carbonyl (C=O) groups is 2. The second-order valence-electron chi connectivity index (χ2n) is 5.01. The molecular weight excluding hydrogens is 248 g/mol. The van der Waals surface area contributed by atoms with Gasteiger partial charge in [0.2, 0.25) is 5.91 Å². The summed E-state index contributed by atoms with van der Waals surface area (Å²) in [7, 11) is 1.55. The van der Waals surface area contributed by atoms with Gasteiger partial charge in [0, 0.05) is 20.2 Å². The number of carboxylic acid groups (broad SMARTS) is 1. The van der Waals surface area contributed by atoms with Crippen LogP contribution in [0.25, 0.3) is 0 Å². The number of ether oxygens (including phenoxy) is 1. The zero-order chi connectivity index (χ0) is 14.8. The quantitative estimate of drug-likeness (QED) is 0.609. The molecule has 0 aliphatic carbocycles. The van der Waals surface area contributed by atoms with Crippen molar-refractivity contribution < 1.29 is 19.4 Å². The minimum atomic E-state index is -0.946. The van der Waals surface area contributed by atoms with Crippen LogP contribution in [-0.4, -0.2) is 61.3 Å². The molecule has 0 bridgehead atoms. The smallest absolute Gasteiger partial charge is 0.317 e. The fraction of sp³-hybridized carbons (Fsp3) is 0.846. The van der Waals surface area contributed by atoms with Gasteiger partial charge in [0.1, 0.15) is 0 Å². The molecular formula is C13H26N2O4. The molecule has 0 heterocycles. The van der Waals surface area contributed by atoms with Gasteiger partial charge in [0.15, 0.2) is 0 Å². The van der Waals surface area contributed by atoms with Gasteiger partial charge >= 0.3 is 5.97 Å². The Balaban J connectivity index is 4.29. The third-order valence-electron chi connectivity index (χ3n) is 2.87. The number of aliphatic carboxylic acids is 1. The van der Waals surface area contributed by atoms with Crippen LogP contribution in [0.15, 0.2) is 0 Å². The number of hydrogen-bond donors (Lipinski definition) is 2. The number of carbonyl (C=O) groups excluding carboxylic acids is 1. The van der Waals surface area contributed by atoms with Gasteiger partial charge in [-0.1, -0.05) is 13.8 Å². The first-order chi connectivity index (χ1) is 8.88. The van der Waals surface area contributed by atoms with E-state index in [9.17, 15) is 9.59 Å². The first-order valence-corrected chi connectivity index (χ1v) is 6.61. The van der Waals surface area contributed by atoms with E-state index in [1.165, 1.54) is 0 Å². The fourth-order valence-corrected chi connectivity index (χ4v) is 1.59. The second-order valence-corrected chi connectivity index (χ2v) is 5.01. The van der Waals surface area contributed by atoms with Crippen LogP contribution < -0.4 is 5.32 Å². The minimum absolute atomic E-state index is 0.141. The van der Waals surface area contributed by atoms with E-state index in [1.54, 1.807) is 18.9 Å². The average Bonchev–Trinajstić information content (AvgIpc) is 2.32. The monoisotopic (exact) mass is 274 g/mol. The Morgan fingerprint density at radius 3 is 2.42 bits per heavy atom. The van der Waals surface area contributed by atoms with Gasteiger partial charge in [0.05, 0.1) is 19.2 Å². The summed E-state index contributed by atoms with van der Waals surface area (Å²) >= 11 is 0. The molecule has 0 saturated carbocycles. The molecule has 19 heavy (non-hydrogen) atoms. The minimum Gasteiger partial charge on any atom is -0.480 e. The zero-order valence-corrected chi connectivity index (χ0v) is 12.3. The lowest BCUT2D eigenvalue weighted by Crippen LogP contribution is -2.48. The number of nitrogens with zero attached hydrogens (tertiary/aromatic N) is 1. The molecule has 0 aromatic carbocycles. The summed E-state index contributed by atoms with van der Waals surface area (Å²) < 4.78 is 4.93. The molecule has 0 aromatic heterocycles. The van der Waals surface area contributed by atoms with Crippen LogP contribution in [0.3, 0.4) is 0 Å². The average molecular weight is 274 g/mol. The van der Waals surface area contributed by atoms with E-state index in [4.69, 9.17) is 9.84 Å². The molecule has 0 aliphatic heterocycles. The Kier molecular flexibility index (Phi) is 9.16. The van der Waals surface area contributed by atoms with Crippen LogP contribution in [0, 0.1) is 5.92 Å². The first kappa shape index (κ1) is 17.9. The standard InChI is InChI=1S/C13H26N2O4/c1-10(2)5-6-14-13(18)11(3)15(7-8-19-4)9-12(16)17/h10-11H,5-9H2,1-4H3,(H,14,18)(H,16,17). The molecule has 0 saturated heterocycles. The SMILES string of the molecule is COCCN(CC(=O)O)C(C)C(=O)NCCC(C)C. The highest BCUT2D eigenvalue weighted by atomic mass is 16.5. The number of carboxylic acids is 1. The van der Waals surface area contributed by atoms with E-state index in [0.717, 1.165) is 6.42 Å². The molecule has 1 atom stereocenters. The molecule has 0 aromatic rings. The van der Waals surface area contributed by atoms with E-state index in [0.29, 0.717) is 25.6 Å². The summed E-state index contributed by atoms with van der Waals surface area (Å²) in [6.07, 6.45) is 0.912. The van der Waals surface area contributed by atoms with Crippen LogP contribution >= 0.6 is 0 Å². The maximum Gasteiger partial charge on any atom is 0.317 e. The van der Waals surface area contributed by atoms with Gasteiger partial charge in [-0.3, -0.25) is 14.5 Å². The first-order valence-electron chi connectivity index (χ1n) is 6.61. The van der Waals surface area contributed by atoms with Crippen LogP contribution in [0.2, 0.25) is 0 Å². The highest BCUT2D eigenvalue weighted by molar-refractivity contribution is 5.82. The van der Waals surface area contributed by atoms with Gasteiger partial charge in [-0.2, -0.15) is 0 Å². The largest absolute Gasteiger partial charge is 0.480 e. The number of amides is 1. The lowest BCUT2D eigenvalue weighted by atomic mass is 10.1. The zero-order valence-electron chi connectivity index (χ0n) is 12.3. The van der Waals surface area contributed by atoms with Crippen molar-refractivity contribution in [1.29, 1.82) is 0 Å². The van der Waals surface area contributed by atoms with E-state index in [-0.39, 0.29) is 12.5 Å². The van der Waals surface area contributed by atoms with Crippen molar-refractivity contribution in [3.8, 4) is 0 Å². The topological polar surface area (TPSA) is 78.9 Å². The molecule has 1 amide bonds. The summed E-state index contributed by atoms with van der Waals surface area (Å²) in [6.45, 7) is 7.16. The molecule has 6 heteroatoms. The second kappa shape index (κ2) is 9.75. The maximum atomic E-state index is 11.9. The van der Waals surface area contributed by atoms with Crippen molar-refractivity contribution in [2.45, 2.75) is 33.2 Å². The van der Waals surface area contributed by atoms with E-state index < -0.39 is 12.0 Å². The number of nitrogens with one attached hydrogen (secondary N) is 1. The maximum absolute atomic E-state index is 11.9. The molecule has 2 N–H and O–H groups in total. The summed E-state index contributed by atoms with van der Waals surface area (Å²) in [5.41, 5.74) is 0. The predicted molar refractivity (Wildman–Crippen MR) is 73.0 cm³/mol. The Bertz CT molecular complexity index is 282. The van der Waals surface area contributed by atoms with Crippen molar-refractivity contribution in [2.24, 2.45) is 5.92 Å². The molecule has 0 spiro atoms. The van der Waals surface area contributed by atoms with Crippen molar-refractivity contribution >= 4 is 11.9 Å². The summed E-state index contributed by atoms with van der Waals surface area (Å²) in [6, 6.07) is -0.474. The van der Waals surface area contributed by atoms with E-state index in [2.05, 4.69) is 19.2 Å². The van der Waals surface area contributed by atoms with Crippen molar-refractivity contribution in [3.05, 3.63) is 0 Å². The Morgan fingerprint density at radius 2 is 1.95 bits per heavy atom. The van der Waals surface area contributed by atoms with Crippen LogP contribution in [0.5, 0.6) is 0 Å². The van der Waals surface area contributed by atoms with Crippen LogP contribution in [-0.2, 0) is 14.3 Å². The summed E-state index contributed by atoms with van der Waals surface area (Å²) in [5, 5.41) is 11.7. The number of rotatable bonds is 10. The van der Waals surface area contributed by atoms with Gasteiger partial charge in [-0.15, -0.1) is 0 Å². The molecule has 112 valence electrons. The Morgan fingerprint density at radius 1 is 1.32 bits per heavy atom. The Labute approximate surface area is 115 Å². The van der Waals surface area contributed by atoms with Gasteiger partial charge < -0.3 is 15.2 Å². The number of methoxy groups -OCH3 is 1. The van der Waals surface area contributed by atoms with Gasteiger partial charge in [-0.25, -0.2) is 0 Å². The Hall–Kier alpha value is -1.14. The lowest BCUT2D eigenvalue weighted by Gasteiger charge is -2.26. The predicted octanol–water partition coefficient (Wildman–Crippen LogP) is 0.570. The van der Waals surface area contributed by atoms with Gasteiger partial charge in [-0.05, 0) is 19.3 Å². The molecule has 0 aliphatic rings. The highest BCUT2D eigenvalue weighted by Crippen LogP contribution is 2.01. The van der Waals surface area contributed by atoms with Crippen LogP contribution in [0.4, 0.5) is 0 Å². The summed E-state index contributed by atoms with van der Waals surface area (Å²) in [4.78, 5) is 24.3. The highest BCUT2D eigenvalue weighted by Gasteiger charge is 2.22. The van der Waals surface area contributed by atoms with Crippen molar-refractivity contribution in [3.63, 3.8) is 0 Å². The normalized spacial score (nSPS) is 12.7. The molecule has 0 rings (SSSR count). The molecule has 0 fully saturated rings. The molecule has 6 nitrogen and oxygen atoms in total. The van der Waals surface area contributed by atoms with E-state index in [1.807, 2.05) is 0 Å². The third-order valence-corrected chi connectivity index (χ3v) is 2.87. The fourth-order valence-electron chi connectivity index (χ4n) is 1.59.